The molecule has 2 atom stereocenters. The van der Waals surface area contributed by atoms with E-state index in [0.717, 1.165) is 19.3 Å². The third-order valence-corrected chi connectivity index (χ3v) is 4.92. The predicted molar refractivity (Wildman–Crippen MR) is 104 cm³/mol. The number of nitrogens with one attached hydrogen (secondary N) is 2. The molecule has 1 heterocycles. The summed E-state index contributed by atoms with van der Waals surface area (Å²) < 4.78 is 5.60. The molecule has 1 saturated heterocycles. The molecule has 2 unspecified atom stereocenters. The SMILES string of the molecule is CCCCNC(=O)OC1CNC(C(c2ccccc2)c2ccccc2)C1. The molecule has 1 aliphatic heterocycles. The largest absolute Gasteiger partial charge is 0.445 e. The Balaban J connectivity index is 1.66. The molecule has 26 heavy (non-hydrogen) atoms. The lowest BCUT2D eigenvalue weighted by Crippen LogP contribution is -2.30. The smallest absolute Gasteiger partial charge is 0.407 e. The zero-order chi connectivity index (χ0) is 18.2. The van der Waals surface area contributed by atoms with Crippen molar-refractivity contribution in [1.82, 2.24) is 10.6 Å². The number of carbonyl (C=O) groups excluding carboxylic acids is 1. The van der Waals surface area contributed by atoms with E-state index >= 15 is 0 Å². The zero-order valence-electron chi connectivity index (χ0n) is 15.4. The molecular weight excluding hydrogens is 324 g/mol. The number of rotatable bonds is 7. The van der Waals surface area contributed by atoms with Crippen molar-refractivity contribution in [3.63, 3.8) is 0 Å². The van der Waals surface area contributed by atoms with E-state index in [-0.39, 0.29) is 24.2 Å². The van der Waals surface area contributed by atoms with Gasteiger partial charge >= 0.3 is 6.09 Å². The fourth-order valence-electron chi connectivity index (χ4n) is 3.61. The number of carbonyl (C=O) groups is 1. The number of alkyl carbamates (subject to hydrolysis) is 1. The lowest BCUT2D eigenvalue weighted by molar-refractivity contribution is 0.106. The summed E-state index contributed by atoms with van der Waals surface area (Å²) in [5, 5.41) is 6.40. The maximum atomic E-state index is 11.9. The highest BCUT2D eigenvalue weighted by Crippen LogP contribution is 2.32. The molecule has 0 saturated carbocycles. The first-order valence-corrected chi connectivity index (χ1v) is 9.55. The molecule has 0 bridgehead atoms. The van der Waals surface area contributed by atoms with Crippen LogP contribution in [0.2, 0.25) is 0 Å². The number of amides is 1. The summed E-state index contributed by atoms with van der Waals surface area (Å²) in [6.07, 6.45) is 2.46. The Morgan fingerprint density at radius 2 is 1.73 bits per heavy atom. The third kappa shape index (κ3) is 4.85. The van der Waals surface area contributed by atoms with Gasteiger partial charge in [-0.25, -0.2) is 4.79 Å². The van der Waals surface area contributed by atoms with E-state index in [1.165, 1.54) is 11.1 Å². The number of unbranched alkanes of at least 4 members (excludes halogenated alkanes) is 1. The summed E-state index contributed by atoms with van der Waals surface area (Å²) in [4.78, 5) is 11.9. The van der Waals surface area contributed by atoms with E-state index in [4.69, 9.17) is 4.74 Å². The molecule has 2 aromatic rings. The molecule has 4 nitrogen and oxygen atoms in total. The van der Waals surface area contributed by atoms with Crippen molar-refractivity contribution >= 4 is 6.09 Å². The first-order valence-electron chi connectivity index (χ1n) is 9.55. The highest BCUT2D eigenvalue weighted by molar-refractivity contribution is 5.67. The van der Waals surface area contributed by atoms with Gasteiger partial charge < -0.3 is 15.4 Å². The van der Waals surface area contributed by atoms with Crippen LogP contribution in [-0.4, -0.2) is 31.3 Å². The molecule has 138 valence electrons. The fraction of sp³-hybridized carbons (Fsp3) is 0.409. The molecule has 0 aliphatic carbocycles. The summed E-state index contributed by atoms with van der Waals surface area (Å²) in [6.45, 7) is 3.48. The van der Waals surface area contributed by atoms with Crippen LogP contribution in [0.4, 0.5) is 4.79 Å². The van der Waals surface area contributed by atoms with Crippen molar-refractivity contribution in [3.05, 3.63) is 71.8 Å². The number of hydrogen-bond donors (Lipinski definition) is 2. The molecular formula is C22H28N2O2. The average molecular weight is 352 g/mol. The van der Waals surface area contributed by atoms with Crippen LogP contribution >= 0.6 is 0 Å². The Hall–Kier alpha value is -2.33. The van der Waals surface area contributed by atoms with E-state index in [0.29, 0.717) is 13.1 Å². The third-order valence-electron chi connectivity index (χ3n) is 4.92. The first kappa shape index (κ1) is 18.5. The highest BCUT2D eigenvalue weighted by Gasteiger charge is 2.34. The van der Waals surface area contributed by atoms with Gasteiger partial charge in [0.2, 0.25) is 0 Å². The molecule has 2 N–H and O–H groups in total. The van der Waals surface area contributed by atoms with Crippen LogP contribution in [0.5, 0.6) is 0 Å². The molecule has 2 aromatic carbocycles. The average Bonchev–Trinajstić information content (AvgIpc) is 3.12. The standard InChI is InChI=1S/C22H28N2O2/c1-2-3-14-23-22(25)26-19-15-20(24-16-19)21(17-10-6-4-7-11-17)18-12-8-5-9-13-18/h4-13,19-21,24H,2-3,14-16H2,1H3,(H,23,25). The molecule has 4 heteroatoms. The summed E-state index contributed by atoms with van der Waals surface area (Å²) in [5.41, 5.74) is 2.56. The summed E-state index contributed by atoms with van der Waals surface area (Å²) in [6, 6.07) is 21.3. The van der Waals surface area contributed by atoms with E-state index < -0.39 is 0 Å². The highest BCUT2D eigenvalue weighted by atomic mass is 16.6. The first-order chi connectivity index (χ1) is 12.8. The molecule has 0 radical (unpaired) electrons. The monoisotopic (exact) mass is 352 g/mol. The molecule has 1 fully saturated rings. The Kier molecular flexibility index (Phi) is 6.67. The Morgan fingerprint density at radius 3 is 2.31 bits per heavy atom. The van der Waals surface area contributed by atoms with Crippen molar-refractivity contribution in [2.45, 2.75) is 44.2 Å². The normalized spacial score (nSPS) is 19.5. The van der Waals surface area contributed by atoms with Gasteiger partial charge in [-0.2, -0.15) is 0 Å². The van der Waals surface area contributed by atoms with Gasteiger partial charge in [-0.05, 0) is 17.5 Å². The lowest BCUT2D eigenvalue weighted by atomic mass is 9.84. The second-order valence-corrected chi connectivity index (χ2v) is 6.86. The van der Waals surface area contributed by atoms with Gasteiger partial charge in [0.25, 0.3) is 0 Å². The quantitative estimate of drug-likeness (QED) is 0.739. The van der Waals surface area contributed by atoms with E-state index in [9.17, 15) is 4.79 Å². The summed E-state index contributed by atoms with van der Waals surface area (Å²) in [5.74, 6) is 0.245. The molecule has 0 aromatic heterocycles. The molecule has 1 amide bonds. The van der Waals surface area contributed by atoms with E-state index in [2.05, 4.69) is 66.1 Å². The van der Waals surface area contributed by atoms with Gasteiger partial charge in [0, 0.05) is 31.5 Å². The van der Waals surface area contributed by atoms with Gasteiger partial charge in [0.1, 0.15) is 6.10 Å². The van der Waals surface area contributed by atoms with Crippen LogP contribution in [0.15, 0.2) is 60.7 Å². The second-order valence-electron chi connectivity index (χ2n) is 6.86. The predicted octanol–water partition coefficient (Wildman–Crippen LogP) is 4.08. The lowest BCUT2D eigenvalue weighted by Gasteiger charge is -2.25. The molecule has 0 spiro atoms. The minimum atomic E-state index is -0.304. The van der Waals surface area contributed by atoms with Crippen LogP contribution in [0, 0.1) is 0 Å². The number of hydrogen-bond acceptors (Lipinski definition) is 3. The Labute approximate surface area is 156 Å². The van der Waals surface area contributed by atoms with E-state index in [1.54, 1.807) is 0 Å². The van der Waals surface area contributed by atoms with Crippen LogP contribution in [0.25, 0.3) is 0 Å². The van der Waals surface area contributed by atoms with Gasteiger partial charge in [0.15, 0.2) is 0 Å². The van der Waals surface area contributed by atoms with Gasteiger partial charge in [-0.15, -0.1) is 0 Å². The van der Waals surface area contributed by atoms with E-state index in [1.807, 2.05) is 12.1 Å². The minimum absolute atomic E-state index is 0.0865. The van der Waals surface area contributed by atoms with Gasteiger partial charge in [-0.1, -0.05) is 74.0 Å². The summed E-state index contributed by atoms with van der Waals surface area (Å²) in [7, 11) is 0. The Bertz CT molecular complexity index is 636. The van der Waals surface area contributed by atoms with Crippen LogP contribution in [0.1, 0.15) is 43.2 Å². The van der Waals surface area contributed by atoms with Crippen LogP contribution in [-0.2, 0) is 4.74 Å². The number of benzene rings is 2. The zero-order valence-corrected chi connectivity index (χ0v) is 15.4. The van der Waals surface area contributed by atoms with Crippen LogP contribution < -0.4 is 10.6 Å². The van der Waals surface area contributed by atoms with Crippen molar-refractivity contribution in [3.8, 4) is 0 Å². The van der Waals surface area contributed by atoms with Crippen LogP contribution in [0.3, 0.4) is 0 Å². The maximum Gasteiger partial charge on any atom is 0.407 e. The molecule has 3 rings (SSSR count). The summed E-state index contributed by atoms with van der Waals surface area (Å²) >= 11 is 0. The van der Waals surface area contributed by atoms with Crippen molar-refractivity contribution in [2.24, 2.45) is 0 Å². The minimum Gasteiger partial charge on any atom is -0.445 e. The van der Waals surface area contributed by atoms with Crippen molar-refractivity contribution in [2.75, 3.05) is 13.1 Å². The number of ether oxygens (including phenoxy) is 1. The van der Waals surface area contributed by atoms with Crippen molar-refractivity contribution < 1.29 is 9.53 Å². The second kappa shape index (κ2) is 9.39. The molecule has 1 aliphatic rings. The maximum absolute atomic E-state index is 11.9. The Morgan fingerprint density at radius 1 is 1.12 bits per heavy atom. The van der Waals surface area contributed by atoms with Crippen molar-refractivity contribution in [1.29, 1.82) is 0 Å². The fourth-order valence-corrected chi connectivity index (χ4v) is 3.61. The topological polar surface area (TPSA) is 50.4 Å². The van der Waals surface area contributed by atoms with Gasteiger partial charge in [-0.3, -0.25) is 0 Å². The van der Waals surface area contributed by atoms with Gasteiger partial charge in [0.05, 0.1) is 0 Å².